The van der Waals surface area contributed by atoms with E-state index in [1.165, 1.54) is 13.8 Å². The summed E-state index contributed by atoms with van der Waals surface area (Å²) in [5.41, 5.74) is 0.746. The van der Waals surface area contributed by atoms with Crippen molar-refractivity contribution in [2.75, 3.05) is 26.9 Å². The molecule has 1 aliphatic heterocycles. The summed E-state index contributed by atoms with van der Waals surface area (Å²) in [5, 5.41) is 46.7. The van der Waals surface area contributed by atoms with Crippen LogP contribution in [0.4, 0.5) is 0 Å². The van der Waals surface area contributed by atoms with Gasteiger partial charge in [0.05, 0.1) is 37.6 Å². The van der Waals surface area contributed by atoms with Crippen molar-refractivity contribution in [2.45, 2.75) is 122 Å². The molecule has 0 aromatic carbocycles. The SMILES string of the molecule is C=CC(C)(C)OC[C@@H]1O[C@H](O[C@@H]2C3=C([C@H](C)COC(C)=O)C[C@H](O)[C@@]3(C)C=C3[C@@H](COC)CC[C@H]3[C@H](C)[C@@H]2O)[C@@H](O)[C@H](OC(C)=O)[C@H]1O. The van der Waals surface area contributed by atoms with E-state index >= 15 is 0 Å². The van der Waals surface area contributed by atoms with E-state index in [2.05, 4.69) is 12.7 Å². The fraction of sp³-hybridized carbons (Fsp3) is 0.778. The van der Waals surface area contributed by atoms with Gasteiger partial charge >= 0.3 is 11.9 Å². The number of hydrogen-bond donors (Lipinski definition) is 4. The molecule has 1 saturated heterocycles. The highest BCUT2D eigenvalue weighted by Crippen LogP contribution is 2.56. The van der Waals surface area contributed by atoms with Gasteiger partial charge in [0.25, 0.3) is 0 Å². The molecule has 0 aromatic rings. The van der Waals surface area contributed by atoms with Crippen LogP contribution in [-0.4, -0.2) is 114 Å². The van der Waals surface area contributed by atoms with Gasteiger partial charge in [-0.15, -0.1) is 6.58 Å². The topological polar surface area (TPSA) is 170 Å². The second-order valence-electron chi connectivity index (χ2n) is 14.7. The Bertz CT molecular complexity index is 1240. The minimum absolute atomic E-state index is 0.0190. The zero-order valence-corrected chi connectivity index (χ0v) is 29.6. The molecule has 2 fully saturated rings. The third kappa shape index (κ3) is 7.91. The maximum absolute atomic E-state index is 12.3. The Kier molecular flexibility index (Phi) is 12.4. The highest BCUT2D eigenvalue weighted by Gasteiger charge is 2.56. The van der Waals surface area contributed by atoms with Crippen molar-refractivity contribution < 1.29 is 58.4 Å². The summed E-state index contributed by atoms with van der Waals surface area (Å²) in [4.78, 5) is 23.8. The second kappa shape index (κ2) is 15.4. The van der Waals surface area contributed by atoms with Gasteiger partial charge in [0.2, 0.25) is 0 Å². The molecule has 0 radical (unpaired) electrons. The van der Waals surface area contributed by atoms with Crippen LogP contribution in [0.1, 0.15) is 67.7 Å². The molecule has 1 heterocycles. The van der Waals surface area contributed by atoms with Gasteiger partial charge in [0, 0.05) is 38.2 Å². The standard InChI is InChI=1S/C36H56O12/c1-10-35(6,7)45-17-26-30(41)33(46-21(5)38)31(42)34(47-26)48-32-28-24(18(2)15-44-20(4)37)13-27(39)36(28,8)14-25-22(16-43-9)11-12-23(25)19(3)29(32)40/h10,14,18-19,22-23,26-27,29-34,39-42H,1,11-13,15-17H2,2-9H3/t18-,19+,22-,23+,26+,27+,29+,30+,31+,32-,33-,34-,36-/m1/s1. The third-order valence-corrected chi connectivity index (χ3v) is 10.8. The van der Waals surface area contributed by atoms with Gasteiger partial charge in [-0.2, -0.15) is 0 Å². The molecule has 3 aliphatic carbocycles. The molecular formula is C36H56O12. The smallest absolute Gasteiger partial charge is 0.303 e. The van der Waals surface area contributed by atoms with Crippen LogP contribution in [0.3, 0.4) is 0 Å². The Balaban J connectivity index is 1.82. The Morgan fingerprint density at radius 3 is 2.40 bits per heavy atom. The van der Waals surface area contributed by atoms with E-state index in [4.69, 9.17) is 28.4 Å². The molecule has 4 N–H and O–H groups in total. The normalized spacial score (nSPS) is 39.1. The predicted molar refractivity (Wildman–Crippen MR) is 174 cm³/mol. The quantitative estimate of drug-likeness (QED) is 0.176. The second-order valence-corrected chi connectivity index (χ2v) is 14.7. The molecule has 13 atom stereocenters. The molecule has 272 valence electrons. The number of carbonyl (C=O) groups is 2. The molecule has 48 heavy (non-hydrogen) atoms. The largest absolute Gasteiger partial charge is 0.465 e. The molecule has 1 saturated carbocycles. The van der Waals surface area contributed by atoms with E-state index in [-0.39, 0.29) is 43.3 Å². The summed E-state index contributed by atoms with van der Waals surface area (Å²) in [6.45, 7) is 16.0. The molecule has 0 amide bonds. The van der Waals surface area contributed by atoms with Gasteiger partial charge in [-0.1, -0.05) is 37.1 Å². The average molecular weight is 681 g/mol. The monoisotopic (exact) mass is 680 g/mol. The molecule has 12 nitrogen and oxygen atoms in total. The Morgan fingerprint density at radius 2 is 1.79 bits per heavy atom. The first-order chi connectivity index (χ1) is 22.4. The van der Waals surface area contributed by atoms with E-state index in [0.29, 0.717) is 12.2 Å². The van der Waals surface area contributed by atoms with Crippen molar-refractivity contribution in [3.05, 3.63) is 35.5 Å². The van der Waals surface area contributed by atoms with Crippen molar-refractivity contribution in [1.82, 2.24) is 0 Å². The lowest BCUT2D eigenvalue weighted by atomic mass is 9.68. The van der Waals surface area contributed by atoms with Crippen molar-refractivity contribution in [3.63, 3.8) is 0 Å². The summed E-state index contributed by atoms with van der Waals surface area (Å²) < 4.78 is 35.1. The number of rotatable bonds is 12. The molecule has 0 bridgehead atoms. The summed E-state index contributed by atoms with van der Waals surface area (Å²) in [5.74, 6) is -1.70. The lowest BCUT2D eigenvalue weighted by Gasteiger charge is -2.47. The van der Waals surface area contributed by atoms with Crippen LogP contribution in [0.2, 0.25) is 0 Å². The molecule has 0 unspecified atom stereocenters. The number of carbonyl (C=O) groups excluding carboxylic acids is 2. The third-order valence-electron chi connectivity index (χ3n) is 10.8. The Morgan fingerprint density at radius 1 is 1.10 bits per heavy atom. The predicted octanol–water partition coefficient (Wildman–Crippen LogP) is 2.61. The molecule has 4 rings (SSSR count). The minimum Gasteiger partial charge on any atom is -0.465 e. The van der Waals surface area contributed by atoms with Gasteiger partial charge in [0.1, 0.15) is 24.4 Å². The molecule has 0 spiro atoms. The maximum Gasteiger partial charge on any atom is 0.303 e. The average Bonchev–Trinajstić information content (AvgIpc) is 3.52. The maximum atomic E-state index is 12.3. The minimum atomic E-state index is -1.63. The summed E-state index contributed by atoms with van der Waals surface area (Å²) in [6, 6.07) is 0. The van der Waals surface area contributed by atoms with E-state index in [0.717, 1.165) is 24.0 Å². The van der Waals surface area contributed by atoms with E-state index in [9.17, 15) is 30.0 Å². The summed E-state index contributed by atoms with van der Waals surface area (Å²) in [6.07, 6.45) is -4.54. The van der Waals surface area contributed by atoms with Crippen LogP contribution in [0.5, 0.6) is 0 Å². The highest BCUT2D eigenvalue weighted by molar-refractivity contribution is 5.66. The zero-order valence-electron chi connectivity index (χ0n) is 29.6. The number of aliphatic hydroxyl groups is 4. The highest BCUT2D eigenvalue weighted by atomic mass is 16.7. The molecular weight excluding hydrogens is 624 g/mol. The first kappa shape index (κ1) is 38.6. The number of methoxy groups -OCH3 is 1. The van der Waals surface area contributed by atoms with E-state index in [1.54, 1.807) is 27.0 Å². The first-order valence-corrected chi connectivity index (χ1v) is 17.0. The van der Waals surface area contributed by atoms with Crippen molar-refractivity contribution in [1.29, 1.82) is 0 Å². The molecule has 0 aromatic heterocycles. The van der Waals surface area contributed by atoms with Gasteiger partial charge in [0.15, 0.2) is 12.4 Å². The fourth-order valence-corrected chi connectivity index (χ4v) is 7.88. The number of ether oxygens (including phenoxy) is 6. The molecule has 4 aliphatic rings. The fourth-order valence-electron chi connectivity index (χ4n) is 7.88. The van der Waals surface area contributed by atoms with Crippen molar-refractivity contribution >= 4 is 11.9 Å². The summed E-state index contributed by atoms with van der Waals surface area (Å²) in [7, 11) is 1.66. The van der Waals surface area contributed by atoms with Crippen LogP contribution in [0.15, 0.2) is 35.5 Å². The van der Waals surface area contributed by atoms with Crippen molar-refractivity contribution in [3.8, 4) is 0 Å². The van der Waals surface area contributed by atoms with Gasteiger partial charge < -0.3 is 48.8 Å². The van der Waals surface area contributed by atoms with E-state index in [1.807, 2.05) is 20.8 Å². The number of esters is 2. The van der Waals surface area contributed by atoms with Crippen LogP contribution in [-0.2, 0) is 38.0 Å². The van der Waals surface area contributed by atoms with Crippen LogP contribution < -0.4 is 0 Å². The van der Waals surface area contributed by atoms with E-state index < -0.39 is 72.0 Å². The lowest BCUT2D eigenvalue weighted by molar-refractivity contribution is -0.320. The van der Waals surface area contributed by atoms with Crippen molar-refractivity contribution in [2.24, 2.45) is 29.1 Å². The Labute approximate surface area is 284 Å². The number of aliphatic hydroxyl groups excluding tert-OH is 4. The Hall–Kier alpha value is -2.16. The van der Waals surface area contributed by atoms with Gasteiger partial charge in [-0.25, -0.2) is 0 Å². The van der Waals surface area contributed by atoms with Crippen LogP contribution in [0, 0.1) is 29.1 Å². The van der Waals surface area contributed by atoms with Gasteiger partial charge in [-0.3, -0.25) is 9.59 Å². The first-order valence-electron chi connectivity index (χ1n) is 17.0. The number of fused-ring (bicyclic) bond motifs is 2. The number of hydrogen-bond acceptors (Lipinski definition) is 12. The molecule has 12 heteroatoms. The van der Waals surface area contributed by atoms with Crippen LogP contribution >= 0.6 is 0 Å². The van der Waals surface area contributed by atoms with Gasteiger partial charge in [-0.05, 0) is 57.4 Å². The lowest BCUT2D eigenvalue weighted by Crippen LogP contribution is -2.62. The van der Waals surface area contributed by atoms with Crippen LogP contribution in [0.25, 0.3) is 0 Å². The zero-order chi connectivity index (χ0) is 35.7. The summed E-state index contributed by atoms with van der Waals surface area (Å²) >= 11 is 0.